The molecule has 2 rings (SSSR count). The molecule has 0 bridgehead atoms. The van der Waals surface area contributed by atoms with Gasteiger partial charge in [0.2, 0.25) is 0 Å². The Labute approximate surface area is 116 Å². The molecule has 0 fully saturated rings. The van der Waals surface area contributed by atoms with Gasteiger partial charge in [-0.1, -0.05) is 15.9 Å². The van der Waals surface area contributed by atoms with Gasteiger partial charge < -0.3 is 9.32 Å². The summed E-state index contributed by atoms with van der Waals surface area (Å²) in [4.78, 5) is 13.2. The second-order valence-corrected chi connectivity index (χ2v) is 4.95. The molecule has 0 unspecified atom stereocenters. The van der Waals surface area contributed by atoms with E-state index in [9.17, 15) is 13.6 Å². The van der Waals surface area contributed by atoms with Crippen LogP contribution in [-0.2, 0) is 6.54 Å². The fourth-order valence-electron chi connectivity index (χ4n) is 1.67. The predicted octanol–water partition coefficient (Wildman–Crippen LogP) is 3.59. The number of carbonyl (C=O) groups excluding carboxylic acids is 1. The number of hydrogen-bond acceptors (Lipinski definition) is 2. The zero-order valence-corrected chi connectivity index (χ0v) is 11.6. The molecule has 0 spiro atoms. The Balaban J connectivity index is 2.24. The first-order valence-electron chi connectivity index (χ1n) is 5.40. The van der Waals surface area contributed by atoms with Gasteiger partial charge in [0.15, 0.2) is 0 Å². The summed E-state index contributed by atoms with van der Waals surface area (Å²) < 4.78 is 32.4. The average Bonchev–Trinajstić information content (AvgIpc) is 2.80. The zero-order valence-electron chi connectivity index (χ0n) is 9.99. The van der Waals surface area contributed by atoms with Crippen LogP contribution >= 0.6 is 15.9 Å². The van der Waals surface area contributed by atoms with Crippen molar-refractivity contribution in [2.75, 3.05) is 7.05 Å². The Bertz CT molecular complexity index is 576. The maximum atomic E-state index is 13.7. The van der Waals surface area contributed by atoms with E-state index in [2.05, 4.69) is 15.9 Å². The van der Waals surface area contributed by atoms with Gasteiger partial charge in [0, 0.05) is 23.6 Å². The normalized spacial score (nSPS) is 10.5. The first kappa shape index (κ1) is 13.7. The maximum Gasteiger partial charge on any atom is 0.259 e. The highest BCUT2D eigenvalue weighted by molar-refractivity contribution is 9.10. The molecule has 0 aliphatic heterocycles. The number of hydrogen-bond donors (Lipinski definition) is 0. The average molecular weight is 330 g/mol. The van der Waals surface area contributed by atoms with Crippen LogP contribution < -0.4 is 0 Å². The van der Waals surface area contributed by atoms with E-state index in [0.29, 0.717) is 0 Å². The van der Waals surface area contributed by atoms with Crippen molar-refractivity contribution in [3.8, 4) is 0 Å². The maximum absolute atomic E-state index is 13.7. The molecule has 100 valence electrons. The Kier molecular flexibility index (Phi) is 3.99. The number of nitrogens with zero attached hydrogens (tertiary/aromatic N) is 1. The van der Waals surface area contributed by atoms with Crippen molar-refractivity contribution in [1.82, 2.24) is 4.90 Å². The fraction of sp³-hybridized carbons (Fsp3) is 0.154. The first-order chi connectivity index (χ1) is 8.99. The molecule has 0 N–H and O–H groups in total. The number of halogens is 3. The number of amides is 1. The monoisotopic (exact) mass is 329 g/mol. The van der Waals surface area contributed by atoms with Crippen molar-refractivity contribution >= 4 is 21.8 Å². The molecule has 0 saturated carbocycles. The van der Waals surface area contributed by atoms with Crippen LogP contribution in [0.15, 0.2) is 39.6 Å². The third-order valence-electron chi connectivity index (χ3n) is 2.57. The van der Waals surface area contributed by atoms with Gasteiger partial charge >= 0.3 is 0 Å². The van der Waals surface area contributed by atoms with Crippen LogP contribution in [0.1, 0.15) is 15.9 Å². The highest BCUT2D eigenvalue weighted by Gasteiger charge is 2.21. The van der Waals surface area contributed by atoms with E-state index in [1.165, 1.54) is 24.5 Å². The zero-order chi connectivity index (χ0) is 14.0. The summed E-state index contributed by atoms with van der Waals surface area (Å²) in [6.07, 6.45) is 2.94. The molecule has 2 aromatic rings. The molecular weight excluding hydrogens is 320 g/mol. The van der Waals surface area contributed by atoms with Crippen molar-refractivity contribution in [1.29, 1.82) is 0 Å². The molecule has 3 nitrogen and oxygen atoms in total. The van der Waals surface area contributed by atoms with Gasteiger partial charge in [-0.15, -0.1) is 0 Å². The largest absolute Gasteiger partial charge is 0.472 e. The third-order valence-corrected chi connectivity index (χ3v) is 3.03. The summed E-state index contributed by atoms with van der Waals surface area (Å²) in [5, 5.41) is 0. The van der Waals surface area contributed by atoms with Crippen LogP contribution in [0.25, 0.3) is 0 Å². The molecule has 1 heterocycles. The van der Waals surface area contributed by atoms with Crippen LogP contribution in [-0.4, -0.2) is 17.9 Å². The Morgan fingerprint density at radius 3 is 2.53 bits per heavy atom. The summed E-state index contributed by atoms with van der Waals surface area (Å²) in [6, 6.07) is 3.79. The number of benzene rings is 1. The lowest BCUT2D eigenvalue weighted by atomic mass is 10.1. The van der Waals surface area contributed by atoms with Crippen molar-refractivity contribution in [2.45, 2.75) is 6.54 Å². The van der Waals surface area contributed by atoms with Gasteiger partial charge in [0.1, 0.15) is 17.2 Å². The SMILES string of the molecule is CN(Cc1ccoc1)C(=O)c1c(F)cc(Br)cc1F. The molecule has 1 aromatic heterocycles. The summed E-state index contributed by atoms with van der Waals surface area (Å²) in [7, 11) is 1.47. The van der Waals surface area contributed by atoms with Crippen molar-refractivity contribution in [3.63, 3.8) is 0 Å². The molecular formula is C13H10BrF2NO2. The van der Waals surface area contributed by atoms with E-state index in [0.717, 1.165) is 17.7 Å². The van der Waals surface area contributed by atoms with E-state index in [1.807, 2.05) is 0 Å². The standard InChI is InChI=1S/C13H10BrF2NO2/c1-17(6-8-2-3-19-7-8)13(18)12-10(15)4-9(14)5-11(12)16/h2-5,7H,6H2,1H3. The van der Waals surface area contributed by atoms with Crippen molar-refractivity contribution in [2.24, 2.45) is 0 Å². The number of carbonyl (C=O) groups is 1. The van der Waals surface area contributed by atoms with Crippen LogP contribution in [0, 0.1) is 11.6 Å². The van der Waals surface area contributed by atoms with E-state index in [4.69, 9.17) is 4.42 Å². The molecule has 0 radical (unpaired) electrons. The quantitative estimate of drug-likeness (QED) is 0.862. The van der Waals surface area contributed by atoms with Crippen LogP contribution in [0.5, 0.6) is 0 Å². The molecule has 0 aliphatic carbocycles. The lowest BCUT2D eigenvalue weighted by Gasteiger charge is -2.17. The van der Waals surface area contributed by atoms with E-state index in [-0.39, 0.29) is 11.0 Å². The Hall–Kier alpha value is -1.69. The lowest BCUT2D eigenvalue weighted by Crippen LogP contribution is -2.27. The molecule has 1 amide bonds. The van der Waals surface area contributed by atoms with E-state index < -0.39 is 23.1 Å². The molecule has 1 aromatic carbocycles. The van der Waals surface area contributed by atoms with Gasteiger partial charge in [-0.2, -0.15) is 0 Å². The second kappa shape index (κ2) is 5.52. The van der Waals surface area contributed by atoms with Gasteiger partial charge in [-0.25, -0.2) is 8.78 Å². The predicted molar refractivity (Wildman–Crippen MR) is 68.6 cm³/mol. The van der Waals surface area contributed by atoms with Gasteiger partial charge in [0.05, 0.1) is 12.5 Å². The second-order valence-electron chi connectivity index (χ2n) is 4.04. The number of furan rings is 1. The Morgan fingerprint density at radius 2 is 2.00 bits per heavy atom. The number of rotatable bonds is 3. The van der Waals surface area contributed by atoms with Crippen LogP contribution in [0.4, 0.5) is 8.78 Å². The van der Waals surface area contributed by atoms with Crippen LogP contribution in [0.2, 0.25) is 0 Å². The van der Waals surface area contributed by atoms with Gasteiger partial charge in [-0.3, -0.25) is 4.79 Å². The Morgan fingerprint density at radius 1 is 1.37 bits per heavy atom. The fourth-order valence-corrected chi connectivity index (χ4v) is 2.07. The van der Waals surface area contributed by atoms with Gasteiger partial charge in [0.25, 0.3) is 5.91 Å². The molecule has 0 aliphatic rings. The molecule has 0 saturated heterocycles. The minimum atomic E-state index is -0.893. The van der Waals surface area contributed by atoms with E-state index in [1.54, 1.807) is 6.07 Å². The lowest BCUT2D eigenvalue weighted by molar-refractivity contribution is 0.0775. The minimum absolute atomic E-state index is 0.213. The molecule has 0 atom stereocenters. The van der Waals surface area contributed by atoms with Crippen LogP contribution in [0.3, 0.4) is 0 Å². The minimum Gasteiger partial charge on any atom is -0.472 e. The third kappa shape index (κ3) is 3.01. The van der Waals surface area contributed by atoms with E-state index >= 15 is 0 Å². The topological polar surface area (TPSA) is 33.5 Å². The van der Waals surface area contributed by atoms with Gasteiger partial charge in [-0.05, 0) is 18.2 Å². The summed E-state index contributed by atoms with van der Waals surface area (Å²) >= 11 is 2.96. The first-order valence-corrected chi connectivity index (χ1v) is 6.19. The summed E-state index contributed by atoms with van der Waals surface area (Å²) in [5.74, 6) is -2.50. The van der Waals surface area contributed by atoms with Crippen molar-refractivity contribution < 1.29 is 18.0 Å². The highest BCUT2D eigenvalue weighted by atomic mass is 79.9. The molecule has 6 heteroatoms. The highest BCUT2D eigenvalue weighted by Crippen LogP contribution is 2.21. The summed E-state index contributed by atoms with van der Waals surface area (Å²) in [5.41, 5.74) is 0.183. The van der Waals surface area contributed by atoms with Crippen molar-refractivity contribution in [3.05, 3.63) is 58.0 Å². The summed E-state index contributed by atoms with van der Waals surface area (Å²) in [6.45, 7) is 0.213. The smallest absolute Gasteiger partial charge is 0.259 e. The molecule has 19 heavy (non-hydrogen) atoms.